The first-order valence-corrected chi connectivity index (χ1v) is 11.3. The molecule has 0 radical (unpaired) electrons. The van der Waals surface area contributed by atoms with Crippen molar-refractivity contribution >= 4 is 19.3 Å². The van der Waals surface area contributed by atoms with E-state index in [1.54, 1.807) is 0 Å². The van der Waals surface area contributed by atoms with Gasteiger partial charge in [0.1, 0.15) is 12.4 Å². The summed E-state index contributed by atoms with van der Waals surface area (Å²) in [5.41, 5.74) is 1.58. The molecule has 0 atom stereocenters. The number of amides is 1. The zero-order valence-electron chi connectivity index (χ0n) is 20.4. The lowest BCUT2D eigenvalue weighted by Crippen LogP contribution is -2.41. The van der Waals surface area contributed by atoms with Crippen LogP contribution in [0.25, 0.3) is 6.08 Å². The maximum absolute atomic E-state index is 12.4. The molecule has 0 unspecified atom stereocenters. The van der Waals surface area contributed by atoms with Crippen LogP contribution in [0.4, 0.5) is 4.79 Å². The first-order valence-electron chi connectivity index (χ1n) is 11.3. The average molecular weight is 451 g/mol. The van der Waals surface area contributed by atoms with Gasteiger partial charge in [0.05, 0.1) is 17.3 Å². The highest BCUT2D eigenvalue weighted by atomic mass is 16.7. The monoisotopic (exact) mass is 451 g/mol. The lowest BCUT2D eigenvalue weighted by molar-refractivity contribution is 0.00578. The molecule has 2 aromatic rings. The van der Waals surface area contributed by atoms with Gasteiger partial charge in [-0.15, -0.1) is 0 Å². The van der Waals surface area contributed by atoms with E-state index in [1.807, 2.05) is 102 Å². The first-order chi connectivity index (χ1) is 15.6. The highest BCUT2D eigenvalue weighted by Crippen LogP contribution is 2.39. The van der Waals surface area contributed by atoms with Crippen molar-refractivity contribution in [2.75, 3.05) is 6.54 Å². The molecule has 2 aromatic carbocycles. The van der Waals surface area contributed by atoms with E-state index in [-0.39, 0.29) is 19.3 Å². The molecule has 3 rings (SSSR count). The number of hydrogen-bond donors (Lipinski definition) is 1. The smallest absolute Gasteiger partial charge is 0.490 e. The van der Waals surface area contributed by atoms with Crippen LogP contribution in [-0.2, 0) is 20.7 Å². The van der Waals surface area contributed by atoms with Crippen LogP contribution in [0, 0.1) is 0 Å². The first kappa shape index (κ1) is 24.9. The van der Waals surface area contributed by atoms with Crippen LogP contribution in [0.5, 0.6) is 5.75 Å². The number of ether oxygens (including phenoxy) is 2. The molecule has 6 nitrogen and oxygen atoms in total. The van der Waals surface area contributed by atoms with Gasteiger partial charge in [0.15, 0.2) is 0 Å². The molecular formula is C26H34BNO5. The molecule has 1 fully saturated rings. The van der Waals surface area contributed by atoms with Gasteiger partial charge in [0, 0.05) is 12.1 Å². The summed E-state index contributed by atoms with van der Waals surface area (Å²) < 4.78 is 23.8. The fourth-order valence-corrected chi connectivity index (χ4v) is 3.31. The van der Waals surface area contributed by atoms with Crippen molar-refractivity contribution in [1.82, 2.24) is 5.32 Å². The van der Waals surface area contributed by atoms with Gasteiger partial charge in [-0.3, -0.25) is 0 Å². The van der Waals surface area contributed by atoms with E-state index in [4.69, 9.17) is 18.8 Å². The molecule has 0 bridgehead atoms. The highest BCUT2D eigenvalue weighted by molar-refractivity contribution is 6.56. The number of hydrogen-bond acceptors (Lipinski definition) is 5. The van der Waals surface area contributed by atoms with E-state index >= 15 is 0 Å². The third-order valence-corrected chi connectivity index (χ3v) is 5.83. The van der Waals surface area contributed by atoms with Crippen LogP contribution in [0.2, 0.25) is 0 Å². The summed E-state index contributed by atoms with van der Waals surface area (Å²) in [6.45, 7) is 12.4. The zero-order valence-corrected chi connectivity index (χ0v) is 20.4. The maximum atomic E-state index is 12.4. The van der Waals surface area contributed by atoms with Crippen LogP contribution in [0.3, 0.4) is 0 Å². The topological polar surface area (TPSA) is 66.0 Å². The van der Waals surface area contributed by atoms with Crippen molar-refractivity contribution in [2.45, 2.75) is 65.5 Å². The van der Waals surface area contributed by atoms with Crippen molar-refractivity contribution < 1.29 is 23.6 Å². The van der Waals surface area contributed by atoms with Gasteiger partial charge >= 0.3 is 13.2 Å². The van der Waals surface area contributed by atoms with Crippen LogP contribution in [0.1, 0.15) is 52.7 Å². The number of nitrogens with one attached hydrogen (secondary N) is 1. The summed E-state index contributed by atoms with van der Waals surface area (Å²) in [7, 11) is -0.614. The Labute approximate surface area is 197 Å². The van der Waals surface area contributed by atoms with Crippen molar-refractivity contribution in [2.24, 2.45) is 0 Å². The minimum atomic E-state index is -0.614. The Morgan fingerprint density at radius 2 is 1.61 bits per heavy atom. The molecule has 1 heterocycles. The average Bonchev–Trinajstić information content (AvgIpc) is 2.98. The Morgan fingerprint density at radius 1 is 1.00 bits per heavy atom. The summed E-state index contributed by atoms with van der Waals surface area (Å²) >= 11 is 0. The van der Waals surface area contributed by atoms with Crippen LogP contribution in [0.15, 0.2) is 60.1 Å². The third-order valence-electron chi connectivity index (χ3n) is 5.83. The minimum Gasteiger partial charge on any atom is -0.490 e. The normalized spacial score (nSPS) is 17.2. The summed E-state index contributed by atoms with van der Waals surface area (Å²) in [6, 6.07) is 17.3. The fraction of sp³-hybridized carbons (Fsp3) is 0.423. The van der Waals surface area contributed by atoms with Gasteiger partial charge in [0.25, 0.3) is 0 Å². The van der Waals surface area contributed by atoms with Crippen molar-refractivity contribution in [3.05, 3.63) is 71.2 Å². The number of carbonyl (C=O) groups is 1. The predicted octanol–water partition coefficient (Wildman–Crippen LogP) is 5.42. The van der Waals surface area contributed by atoms with Crippen LogP contribution in [-0.4, -0.2) is 37.1 Å². The maximum Gasteiger partial charge on any atom is 0.492 e. The molecule has 1 aliphatic heterocycles. The van der Waals surface area contributed by atoms with E-state index in [0.717, 1.165) is 22.3 Å². The second kappa shape index (κ2) is 10.4. The van der Waals surface area contributed by atoms with Gasteiger partial charge in [-0.05, 0) is 58.6 Å². The molecule has 1 aliphatic rings. The third kappa shape index (κ3) is 6.62. The lowest BCUT2D eigenvalue weighted by atomic mass is 9.77. The van der Waals surface area contributed by atoms with Crippen LogP contribution < -0.4 is 10.1 Å². The van der Waals surface area contributed by atoms with E-state index in [1.165, 1.54) is 0 Å². The molecule has 7 heteroatoms. The molecule has 0 aromatic heterocycles. The summed E-state index contributed by atoms with van der Waals surface area (Å²) in [5, 5.41) is 2.83. The molecule has 1 N–H and O–H groups in total. The molecule has 1 amide bonds. The SMILES string of the molecule is CC(C)Oc1ccccc1C=C(CNC(=O)OCc1ccccc1)B1OC(C)(C)C(C)(C)O1. The second-order valence-corrected chi connectivity index (χ2v) is 9.43. The molecular weight excluding hydrogens is 417 g/mol. The Morgan fingerprint density at radius 3 is 2.24 bits per heavy atom. The molecule has 0 saturated carbocycles. The number of rotatable bonds is 8. The van der Waals surface area contributed by atoms with E-state index < -0.39 is 24.4 Å². The lowest BCUT2D eigenvalue weighted by Gasteiger charge is -2.32. The highest BCUT2D eigenvalue weighted by Gasteiger charge is 2.52. The Bertz CT molecular complexity index is 956. The minimum absolute atomic E-state index is 0.0333. The van der Waals surface area contributed by atoms with Gasteiger partial charge in [0.2, 0.25) is 0 Å². The van der Waals surface area contributed by atoms with Crippen molar-refractivity contribution in [3.8, 4) is 5.75 Å². The molecule has 0 spiro atoms. The Hall–Kier alpha value is -2.77. The number of para-hydroxylation sites is 1. The molecule has 33 heavy (non-hydrogen) atoms. The van der Waals surface area contributed by atoms with Crippen molar-refractivity contribution in [1.29, 1.82) is 0 Å². The van der Waals surface area contributed by atoms with Gasteiger partial charge in [-0.25, -0.2) is 4.79 Å². The van der Waals surface area contributed by atoms with Gasteiger partial charge in [-0.2, -0.15) is 0 Å². The summed E-state index contributed by atoms with van der Waals surface area (Å²) in [6.07, 6.45) is 1.48. The Kier molecular flexibility index (Phi) is 7.87. The second-order valence-electron chi connectivity index (χ2n) is 9.43. The van der Waals surface area contributed by atoms with Gasteiger partial charge < -0.3 is 24.1 Å². The van der Waals surface area contributed by atoms with Gasteiger partial charge in [-0.1, -0.05) is 54.6 Å². The summed E-state index contributed by atoms with van der Waals surface area (Å²) in [5.74, 6) is 0.758. The zero-order chi connectivity index (χ0) is 24.1. The fourth-order valence-electron chi connectivity index (χ4n) is 3.31. The summed E-state index contributed by atoms with van der Waals surface area (Å²) in [4.78, 5) is 12.4. The number of carbonyl (C=O) groups excluding carboxylic acids is 1. The number of benzene rings is 2. The molecule has 0 aliphatic carbocycles. The Balaban J connectivity index is 1.78. The van der Waals surface area contributed by atoms with Crippen LogP contribution >= 0.6 is 0 Å². The number of alkyl carbamates (subject to hydrolysis) is 1. The molecule has 1 saturated heterocycles. The standard InChI is InChI=1S/C26H34BNO5/c1-19(2)31-23-15-11-10-14-21(23)16-22(27-32-25(3,4)26(5,6)33-27)17-28-24(29)30-18-20-12-8-7-9-13-20/h7-16,19H,17-18H2,1-6H3,(H,28,29). The van der Waals surface area contributed by atoms with E-state index in [0.29, 0.717) is 0 Å². The van der Waals surface area contributed by atoms with Crippen molar-refractivity contribution in [3.63, 3.8) is 0 Å². The van der Waals surface area contributed by atoms with E-state index in [9.17, 15) is 4.79 Å². The largest absolute Gasteiger partial charge is 0.492 e. The quantitative estimate of drug-likeness (QED) is 0.544. The van der Waals surface area contributed by atoms with E-state index in [2.05, 4.69) is 5.32 Å². The predicted molar refractivity (Wildman–Crippen MR) is 131 cm³/mol. The molecule has 176 valence electrons.